The predicted octanol–water partition coefficient (Wildman–Crippen LogP) is 3.66. The van der Waals surface area contributed by atoms with E-state index in [2.05, 4.69) is 5.32 Å². The van der Waals surface area contributed by atoms with Gasteiger partial charge in [-0.15, -0.1) is 0 Å². The first-order chi connectivity index (χ1) is 9.58. The molecule has 0 aliphatic carbocycles. The SMILES string of the molecule is Cc1ccc(C(=O)NC(CC(=O)O)CC(C)(C)C)cc1Cl. The van der Waals surface area contributed by atoms with Gasteiger partial charge in [0.25, 0.3) is 5.91 Å². The molecule has 0 fully saturated rings. The van der Waals surface area contributed by atoms with Crippen molar-refractivity contribution in [2.45, 2.75) is 46.6 Å². The fourth-order valence-electron chi connectivity index (χ4n) is 2.13. The molecule has 0 bridgehead atoms. The van der Waals surface area contributed by atoms with E-state index in [4.69, 9.17) is 16.7 Å². The third kappa shape index (κ3) is 6.17. The summed E-state index contributed by atoms with van der Waals surface area (Å²) < 4.78 is 0. The molecule has 0 aliphatic rings. The summed E-state index contributed by atoms with van der Waals surface area (Å²) in [7, 11) is 0. The number of amides is 1. The third-order valence-corrected chi connectivity index (χ3v) is 3.46. The van der Waals surface area contributed by atoms with E-state index < -0.39 is 12.0 Å². The average molecular weight is 312 g/mol. The van der Waals surface area contributed by atoms with Crippen LogP contribution in [0.3, 0.4) is 0 Å². The van der Waals surface area contributed by atoms with Crippen molar-refractivity contribution in [3.63, 3.8) is 0 Å². The highest BCUT2D eigenvalue weighted by atomic mass is 35.5. The average Bonchev–Trinajstić information content (AvgIpc) is 2.29. The number of hydrogen-bond donors (Lipinski definition) is 2. The number of carboxylic acids is 1. The number of rotatable bonds is 5. The molecule has 1 rings (SSSR count). The molecule has 2 N–H and O–H groups in total. The number of aryl methyl sites for hydroxylation is 1. The number of nitrogens with one attached hydrogen (secondary N) is 1. The topological polar surface area (TPSA) is 66.4 Å². The molecule has 1 amide bonds. The molecule has 1 atom stereocenters. The number of benzene rings is 1. The van der Waals surface area contributed by atoms with Crippen LogP contribution in [0, 0.1) is 12.3 Å². The van der Waals surface area contributed by atoms with Gasteiger partial charge in [-0.3, -0.25) is 9.59 Å². The Bertz CT molecular complexity index is 535. The Labute approximate surface area is 130 Å². The summed E-state index contributed by atoms with van der Waals surface area (Å²) >= 11 is 6.01. The second-order valence-electron chi connectivity index (χ2n) is 6.50. The molecule has 4 nitrogen and oxygen atoms in total. The molecule has 116 valence electrons. The second-order valence-corrected chi connectivity index (χ2v) is 6.90. The fraction of sp³-hybridized carbons (Fsp3) is 0.500. The van der Waals surface area contributed by atoms with Crippen LogP contribution in [0.4, 0.5) is 0 Å². The number of carbonyl (C=O) groups is 2. The van der Waals surface area contributed by atoms with Crippen molar-refractivity contribution in [1.29, 1.82) is 0 Å². The highest BCUT2D eigenvalue weighted by Crippen LogP contribution is 2.23. The van der Waals surface area contributed by atoms with Crippen molar-refractivity contribution >= 4 is 23.5 Å². The van der Waals surface area contributed by atoms with Gasteiger partial charge in [0.2, 0.25) is 0 Å². The summed E-state index contributed by atoms with van der Waals surface area (Å²) in [5.74, 6) is -1.22. The quantitative estimate of drug-likeness (QED) is 0.872. The molecule has 0 saturated heterocycles. The third-order valence-electron chi connectivity index (χ3n) is 3.05. The number of halogens is 1. The zero-order chi connectivity index (χ0) is 16.2. The largest absolute Gasteiger partial charge is 0.481 e. The van der Waals surface area contributed by atoms with Crippen molar-refractivity contribution in [2.24, 2.45) is 5.41 Å². The first kappa shape index (κ1) is 17.5. The molecular weight excluding hydrogens is 290 g/mol. The summed E-state index contributed by atoms with van der Waals surface area (Å²) in [5.41, 5.74) is 1.26. The van der Waals surface area contributed by atoms with Gasteiger partial charge < -0.3 is 10.4 Å². The smallest absolute Gasteiger partial charge is 0.305 e. The van der Waals surface area contributed by atoms with Gasteiger partial charge in [0, 0.05) is 16.6 Å². The zero-order valence-electron chi connectivity index (χ0n) is 12.9. The second kappa shape index (κ2) is 6.94. The van der Waals surface area contributed by atoms with Gasteiger partial charge in [0.05, 0.1) is 6.42 Å². The number of carboxylic acid groups (broad SMARTS) is 1. The zero-order valence-corrected chi connectivity index (χ0v) is 13.6. The lowest BCUT2D eigenvalue weighted by Gasteiger charge is -2.26. The predicted molar refractivity (Wildman–Crippen MR) is 83.8 cm³/mol. The monoisotopic (exact) mass is 311 g/mol. The van der Waals surface area contributed by atoms with E-state index in [0.717, 1.165) is 5.56 Å². The van der Waals surface area contributed by atoms with Crippen molar-refractivity contribution in [2.75, 3.05) is 0 Å². The standard InChI is InChI=1S/C16H22ClNO3/c1-10-5-6-11(7-13(10)17)15(21)18-12(8-14(19)20)9-16(2,3)4/h5-7,12H,8-9H2,1-4H3,(H,18,21)(H,19,20). The molecule has 1 aromatic carbocycles. The molecule has 0 saturated carbocycles. The van der Waals surface area contributed by atoms with Gasteiger partial charge in [0.1, 0.15) is 0 Å². The molecule has 1 aromatic rings. The molecule has 0 aromatic heterocycles. The van der Waals surface area contributed by atoms with Gasteiger partial charge >= 0.3 is 5.97 Å². The lowest BCUT2D eigenvalue weighted by atomic mass is 9.87. The minimum absolute atomic E-state index is 0.0711. The maximum Gasteiger partial charge on any atom is 0.305 e. The lowest BCUT2D eigenvalue weighted by molar-refractivity contribution is -0.137. The van der Waals surface area contributed by atoms with Crippen LogP contribution in [-0.4, -0.2) is 23.0 Å². The molecule has 0 spiro atoms. The minimum Gasteiger partial charge on any atom is -0.481 e. The van der Waals surface area contributed by atoms with Gasteiger partial charge in [-0.05, 0) is 36.5 Å². The highest BCUT2D eigenvalue weighted by molar-refractivity contribution is 6.31. The number of aliphatic carboxylic acids is 1. The van der Waals surface area contributed by atoms with E-state index in [1.165, 1.54) is 0 Å². The normalized spacial score (nSPS) is 12.8. The van der Waals surface area contributed by atoms with Gasteiger partial charge in [0.15, 0.2) is 0 Å². The van der Waals surface area contributed by atoms with Crippen LogP contribution in [0.25, 0.3) is 0 Å². The van der Waals surface area contributed by atoms with E-state index in [0.29, 0.717) is 17.0 Å². The molecule has 0 aliphatic heterocycles. The van der Waals surface area contributed by atoms with Gasteiger partial charge in [-0.1, -0.05) is 38.4 Å². The van der Waals surface area contributed by atoms with Crippen LogP contribution in [0.2, 0.25) is 5.02 Å². The molecule has 0 radical (unpaired) electrons. The maximum absolute atomic E-state index is 12.2. The van der Waals surface area contributed by atoms with E-state index >= 15 is 0 Å². The minimum atomic E-state index is -0.925. The summed E-state index contributed by atoms with van der Waals surface area (Å²) in [4.78, 5) is 23.2. The van der Waals surface area contributed by atoms with Gasteiger partial charge in [-0.2, -0.15) is 0 Å². The summed E-state index contributed by atoms with van der Waals surface area (Å²) in [5, 5.41) is 12.3. The van der Waals surface area contributed by atoms with E-state index in [1.807, 2.05) is 27.7 Å². The number of carbonyl (C=O) groups excluding carboxylic acids is 1. The summed E-state index contributed by atoms with van der Waals surface area (Å²) in [6.07, 6.45) is 0.493. The Morgan fingerprint density at radius 3 is 2.43 bits per heavy atom. The summed E-state index contributed by atoms with van der Waals surface area (Å²) in [6, 6.07) is 4.65. The van der Waals surface area contributed by atoms with Crippen LogP contribution in [0.5, 0.6) is 0 Å². The molecule has 0 heterocycles. The highest BCUT2D eigenvalue weighted by Gasteiger charge is 2.23. The Balaban J connectivity index is 2.83. The van der Waals surface area contributed by atoms with Crippen molar-refractivity contribution in [3.05, 3.63) is 34.3 Å². The van der Waals surface area contributed by atoms with E-state index in [-0.39, 0.29) is 17.7 Å². The van der Waals surface area contributed by atoms with Crippen LogP contribution < -0.4 is 5.32 Å². The summed E-state index contributed by atoms with van der Waals surface area (Å²) in [6.45, 7) is 7.89. The Hall–Kier alpha value is -1.55. The maximum atomic E-state index is 12.2. The molecule has 5 heteroatoms. The van der Waals surface area contributed by atoms with Gasteiger partial charge in [-0.25, -0.2) is 0 Å². The molecule has 1 unspecified atom stereocenters. The Morgan fingerprint density at radius 1 is 1.33 bits per heavy atom. The van der Waals surface area contributed by atoms with Crippen LogP contribution >= 0.6 is 11.6 Å². The Kier molecular flexibility index (Phi) is 5.78. The van der Waals surface area contributed by atoms with Crippen molar-refractivity contribution in [1.82, 2.24) is 5.32 Å². The van der Waals surface area contributed by atoms with Crippen LogP contribution in [-0.2, 0) is 4.79 Å². The first-order valence-electron chi connectivity index (χ1n) is 6.87. The lowest BCUT2D eigenvalue weighted by Crippen LogP contribution is -2.39. The van der Waals surface area contributed by atoms with Crippen molar-refractivity contribution in [3.8, 4) is 0 Å². The van der Waals surface area contributed by atoms with Crippen LogP contribution in [0.15, 0.2) is 18.2 Å². The fourth-order valence-corrected chi connectivity index (χ4v) is 2.31. The number of hydrogen-bond acceptors (Lipinski definition) is 2. The van der Waals surface area contributed by atoms with E-state index in [9.17, 15) is 9.59 Å². The Morgan fingerprint density at radius 2 is 1.95 bits per heavy atom. The molecular formula is C16H22ClNO3. The first-order valence-corrected chi connectivity index (χ1v) is 7.25. The van der Waals surface area contributed by atoms with E-state index in [1.54, 1.807) is 18.2 Å². The molecule has 21 heavy (non-hydrogen) atoms. The van der Waals surface area contributed by atoms with Crippen molar-refractivity contribution < 1.29 is 14.7 Å². The van der Waals surface area contributed by atoms with Crippen LogP contribution in [0.1, 0.15) is 49.5 Å².